The van der Waals surface area contributed by atoms with Crippen LogP contribution in [-0.4, -0.2) is 18.8 Å². The van der Waals surface area contributed by atoms with E-state index in [9.17, 15) is 0 Å². The molecule has 0 bridgehead atoms. The highest BCUT2D eigenvalue weighted by atomic mass is 16.5. The number of rotatable bonds is 6. The van der Waals surface area contributed by atoms with Gasteiger partial charge in [0.05, 0.1) is 6.10 Å². The van der Waals surface area contributed by atoms with E-state index in [1.165, 1.54) is 25.7 Å². The van der Waals surface area contributed by atoms with Gasteiger partial charge in [0.2, 0.25) is 0 Å². The Morgan fingerprint density at radius 3 is 2.80 bits per heavy atom. The first-order valence-electron chi connectivity index (χ1n) is 6.34. The van der Waals surface area contributed by atoms with Crippen molar-refractivity contribution in [3.05, 3.63) is 0 Å². The van der Waals surface area contributed by atoms with Crippen molar-refractivity contribution in [3.63, 3.8) is 0 Å². The Labute approximate surface area is 93.7 Å². The lowest BCUT2D eigenvalue weighted by molar-refractivity contribution is 0.00381. The zero-order valence-electron chi connectivity index (χ0n) is 10.2. The minimum atomic E-state index is 0.419. The maximum Gasteiger partial charge on any atom is 0.0590 e. The molecule has 3 heteroatoms. The number of ether oxygens (including phenoxy) is 1. The van der Waals surface area contributed by atoms with E-state index < -0.39 is 0 Å². The fraction of sp³-hybridized carbons (Fsp3) is 1.00. The Kier molecular flexibility index (Phi) is 6.22. The van der Waals surface area contributed by atoms with E-state index in [0.717, 1.165) is 25.4 Å². The molecule has 1 rings (SSSR count). The molecule has 3 nitrogen and oxygen atoms in total. The molecule has 0 amide bonds. The average Bonchev–Trinajstić information content (AvgIpc) is 2.29. The summed E-state index contributed by atoms with van der Waals surface area (Å²) >= 11 is 0. The molecule has 1 saturated heterocycles. The monoisotopic (exact) mass is 214 g/mol. The molecule has 3 unspecified atom stereocenters. The number of hydrogen-bond acceptors (Lipinski definition) is 3. The molecule has 1 aliphatic heterocycles. The Hall–Kier alpha value is -0.120. The Morgan fingerprint density at radius 1 is 1.47 bits per heavy atom. The van der Waals surface area contributed by atoms with Gasteiger partial charge in [-0.1, -0.05) is 20.3 Å². The Bertz CT molecular complexity index is 158. The molecule has 0 radical (unpaired) electrons. The van der Waals surface area contributed by atoms with E-state index in [4.69, 9.17) is 10.6 Å². The molecule has 0 aromatic carbocycles. The Balaban J connectivity index is 2.25. The summed E-state index contributed by atoms with van der Waals surface area (Å²) in [7, 11) is 0. The molecule has 0 aliphatic carbocycles. The van der Waals surface area contributed by atoms with Gasteiger partial charge in [-0.3, -0.25) is 11.3 Å². The standard InChI is InChI=1S/C12H26N2O/c1-3-10(2)8-11(14-13)9-12-6-4-5-7-15-12/h10-12,14H,3-9,13H2,1-2H3. The molecular weight excluding hydrogens is 188 g/mol. The largest absolute Gasteiger partial charge is 0.378 e. The van der Waals surface area contributed by atoms with Crippen LogP contribution in [0.15, 0.2) is 0 Å². The SMILES string of the molecule is CCC(C)CC(CC1CCCCO1)NN. The molecule has 3 atom stereocenters. The molecular formula is C12H26N2O. The van der Waals surface area contributed by atoms with Crippen LogP contribution < -0.4 is 11.3 Å². The second-order valence-corrected chi connectivity index (χ2v) is 4.84. The summed E-state index contributed by atoms with van der Waals surface area (Å²) in [5.41, 5.74) is 2.93. The van der Waals surface area contributed by atoms with E-state index in [0.29, 0.717) is 12.1 Å². The third-order valence-corrected chi connectivity index (χ3v) is 3.44. The summed E-state index contributed by atoms with van der Waals surface area (Å²) < 4.78 is 5.73. The van der Waals surface area contributed by atoms with Crippen molar-refractivity contribution in [3.8, 4) is 0 Å². The fourth-order valence-electron chi connectivity index (χ4n) is 2.20. The highest BCUT2D eigenvalue weighted by Crippen LogP contribution is 2.20. The predicted octanol–water partition coefficient (Wildman–Crippen LogP) is 2.21. The predicted molar refractivity (Wildman–Crippen MR) is 63.4 cm³/mol. The molecule has 0 aromatic rings. The number of hydrogen-bond donors (Lipinski definition) is 2. The minimum Gasteiger partial charge on any atom is -0.378 e. The van der Waals surface area contributed by atoms with Crippen molar-refractivity contribution < 1.29 is 4.74 Å². The van der Waals surface area contributed by atoms with Crippen molar-refractivity contribution >= 4 is 0 Å². The molecule has 1 heterocycles. The van der Waals surface area contributed by atoms with Crippen LogP contribution in [0.25, 0.3) is 0 Å². The second kappa shape index (κ2) is 7.20. The van der Waals surface area contributed by atoms with Crippen LogP contribution in [0.4, 0.5) is 0 Å². The summed E-state index contributed by atoms with van der Waals surface area (Å²) in [4.78, 5) is 0. The van der Waals surface area contributed by atoms with Crippen LogP contribution in [0.5, 0.6) is 0 Å². The first kappa shape index (κ1) is 12.9. The first-order chi connectivity index (χ1) is 7.26. The first-order valence-corrected chi connectivity index (χ1v) is 6.34. The van der Waals surface area contributed by atoms with Gasteiger partial charge in [0.1, 0.15) is 0 Å². The van der Waals surface area contributed by atoms with E-state index in [1.807, 2.05) is 0 Å². The fourth-order valence-corrected chi connectivity index (χ4v) is 2.20. The summed E-state index contributed by atoms with van der Waals surface area (Å²) in [5, 5.41) is 0. The smallest absolute Gasteiger partial charge is 0.0590 e. The second-order valence-electron chi connectivity index (χ2n) is 4.84. The van der Waals surface area contributed by atoms with E-state index in [-0.39, 0.29) is 0 Å². The van der Waals surface area contributed by atoms with Gasteiger partial charge in [0, 0.05) is 12.6 Å². The van der Waals surface area contributed by atoms with Gasteiger partial charge < -0.3 is 4.74 Å². The normalized spacial score (nSPS) is 26.2. The maximum atomic E-state index is 5.73. The highest BCUT2D eigenvalue weighted by Gasteiger charge is 2.19. The summed E-state index contributed by atoms with van der Waals surface area (Å²) in [6, 6.07) is 0.419. The third-order valence-electron chi connectivity index (χ3n) is 3.44. The lowest BCUT2D eigenvalue weighted by Gasteiger charge is -2.27. The average molecular weight is 214 g/mol. The minimum absolute atomic E-state index is 0.419. The van der Waals surface area contributed by atoms with E-state index >= 15 is 0 Å². The topological polar surface area (TPSA) is 47.3 Å². The van der Waals surface area contributed by atoms with Crippen molar-refractivity contribution in [2.45, 2.75) is 64.5 Å². The third kappa shape index (κ3) is 4.96. The van der Waals surface area contributed by atoms with Crippen molar-refractivity contribution in [1.82, 2.24) is 5.43 Å². The van der Waals surface area contributed by atoms with Crippen LogP contribution in [0.1, 0.15) is 52.4 Å². The van der Waals surface area contributed by atoms with Gasteiger partial charge in [-0.25, -0.2) is 0 Å². The quantitative estimate of drug-likeness (QED) is 0.526. The van der Waals surface area contributed by atoms with Crippen LogP contribution in [-0.2, 0) is 4.74 Å². The van der Waals surface area contributed by atoms with Gasteiger partial charge in [-0.15, -0.1) is 0 Å². The van der Waals surface area contributed by atoms with Crippen molar-refractivity contribution in [1.29, 1.82) is 0 Å². The lowest BCUT2D eigenvalue weighted by atomic mass is 9.94. The number of nitrogens with one attached hydrogen (secondary N) is 1. The molecule has 0 spiro atoms. The van der Waals surface area contributed by atoms with Crippen LogP contribution in [0.3, 0.4) is 0 Å². The van der Waals surface area contributed by atoms with Gasteiger partial charge in [-0.2, -0.15) is 0 Å². The number of nitrogens with two attached hydrogens (primary N) is 1. The molecule has 1 fully saturated rings. The molecule has 90 valence electrons. The molecule has 1 aliphatic rings. The zero-order chi connectivity index (χ0) is 11.1. The van der Waals surface area contributed by atoms with Crippen molar-refractivity contribution in [2.24, 2.45) is 11.8 Å². The lowest BCUT2D eigenvalue weighted by Crippen LogP contribution is -2.40. The van der Waals surface area contributed by atoms with Crippen LogP contribution in [0.2, 0.25) is 0 Å². The molecule has 0 aromatic heterocycles. The summed E-state index contributed by atoms with van der Waals surface area (Å²) in [6.07, 6.45) is 7.63. The molecule has 15 heavy (non-hydrogen) atoms. The maximum absolute atomic E-state index is 5.73. The summed E-state index contributed by atoms with van der Waals surface area (Å²) in [5.74, 6) is 6.33. The molecule has 0 saturated carbocycles. The van der Waals surface area contributed by atoms with E-state index in [1.54, 1.807) is 0 Å². The summed E-state index contributed by atoms with van der Waals surface area (Å²) in [6.45, 7) is 5.45. The van der Waals surface area contributed by atoms with E-state index in [2.05, 4.69) is 19.3 Å². The van der Waals surface area contributed by atoms with Crippen LogP contribution in [0, 0.1) is 5.92 Å². The van der Waals surface area contributed by atoms with Gasteiger partial charge in [0.25, 0.3) is 0 Å². The molecule has 3 N–H and O–H groups in total. The van der Waals surface area contributed by atoms with Crippen molar-refractivity contribution in [2.75, 3.05) is 6.61 Å². The van der Waals surface area contributed by atoms with Crippen LogP contribution >= 0.6 is 0 Å². The Morgan fingerprint density at radius 2 is 2.27 bits per heavy atom. The zero-order valence-corrected chi connectivity index (χ0v) is 10.2. The number of hydrazine groups is 1. The van der Waals surface area contributed by atoms with Gasteiger partial charge >= 0.3 is 0 Å². The van der Waals surface area contributed by atoms with Gasteiger partial charge in [-0.05, 0) is 38.0 Å². The van der Waals surface area contributed by atoms with Gasteiger partial charge in [0.15, 0.2) is 0 Å². The highest BCUT2D eigenvalue weighted by molar-refractivity contribution is 4.74.